The van der Waals surface area contributed by atoms with Crippen LogP contribution in [0.1, 0.15) is 15.1 Å². The third-order valence-electron chi connectivity index (χ3n) is 8.34. The largest absolute Gasteiger partial charge is 0.456 e. The van der Waals surface area contributed by atoms with Crippen LogP contribution in [0.2, 0.25) is 0 Å². The van der Waals surface area contributed by atoms with E-state index in [9.17, 15) is 1.37 Å². The first-order chi connectivity index (χ1) is 26.9. The third-order valence-corrected chi connectivity index (χ3v) is 8.34. The molecule has 0 aliphatic heterocycles. The minimum atomic E-state index is -0.647. The molecular weight excluding hydrogens is 544 g/mol. The summed E-state index contributed by atoms with van der Waals surface area (Å²) >= 11 is 0. The van der Waals surface area contributed by atoms with Crippen molar-refractivity contribution in [2.75, 3.05) is 0 Å². The Labute approximate surface area is 277 Å². The molecule has 0 aliphatic rings. The van der Waals surface area contributed by atoms with E-state index in [1.165, 1.54) is 0 Å². The Balaban J connectivity index is 1.35. The predicted molar refractivity (Wildman–Crippen MR) is 190 cm³/mol. The summed E-state index contributed by atoms with van der Waals surface area (Å²) in [4.78, 5) is 0. The molecule has 0 spiro atoms. The molecule has 0 radical (unpaired) electrons. The number of benzene rings is 8. The van der Waals surface area contributed by atoms with Crippen LogP contribution in [-0.4, -0.2) is 0 Å². The van der Waals surface area contributed by atoms with Crippen molar-refractivity contribution < 1.29 is 19.5 Å². The molecule has 0 unspecified atom stereocenters. The Bertz CT molecular complexity index is 3050. The number of fused-ring (bicyclic) bond motifs is 5. The third kappa shape index (κ3) is 4.09. The molecule has 45 heavy (non-hydrogen) atoms. The molecule has 1 heteroatoms. The van der Waals surface area contributed by atoms with E-state index in [2.05, 4.69) is 36.4 Å². The molecule has 9 rings (SSSR count). The topological polar surface area (TPSA) is 13.1 Å². The molecule has 1 heterocycles. The van der Waals surface area contributed by atoms with Gasteiger partial charge in [0, 0.05) is 10.8 Å². The van der Waals surface area contributed by atoms with Gasteiger partial charge >= 0.3 is 0 Å². The van der Waals surface area contributed by atoms with Crippen LogP contribution in [0.4, 0.5) is 0 Å². The predicted octanol–water partition coefficient (Wildman–Crippen LogP) is 12.6. The van der Waals surface area contributed by atoms with Gasteiger partial charge in [0.2, 0.25) is 0 Å². The van der Waals surface area contributed by atoms with Gasteiger partial charge in [-0.15, -0.1) is 0 Å². The Morgan fingerprint density at radius 1 is 0.356 bits per heavy atom. The highest BCUT2D eigenvalue weighted by molar-refractivity contribution is 6.22. The van der Waals surface area contributed by atoms with Gasteiger partial charge in [0.15, 0.2) is 0 Å². The van der Waals surface area contributed by atoms with Crippen LogP contribution in [0.25, 0.3) is 88.0 Å². The van der Waals surface area contributed by atoms with E-state index < -0.39 is 60.4 Å². The monoisotopic (exact) mass is 583 g/mol. The zero-order chi connectivity index (χ0) is 39.3. The number of hydrogen-bond acceptors (Lipinski definition) is 1. The number of furan rings is 1. The molecule has 1 aromatic heterocycles. The summed E-state index contributed by atoms with van der Waals surface area (Å²) < 4.78 is 102. The summed E-state index contributed by atoms with van der Waals surface area (Å²) in [5.74, 6) is 0. The highest BCUT2D eigenvalue weighted by Crippen LogP contribution is 2.45. The van der Waals surface area contributed by atoms with Crippen molar-refractivity contribution in [3.05, 3.63) is 170 Å². The average Bonchev–Trinajstić information content (AvgIpc) is 3.61. The van der Waals surface area contributed by atoms with Crippen molar-refractivity contribution >= 4 is 43.5 Å². The molecule has 0 N–H and O–H groups in total. The molecule has 210 valence electrons. The maximum atomic E-state index is 9.18. The average molecular weight is 584 g/mol. The fraction of sp³-hybridized carbons (Fsp3) is 0. The SMILES string of the molecule is [2H]c1c([2H])c([2H])c(-c2c([2H])c([2H])c([2H])c3oc4c([2H])c([2H])c([2H])c(-c5ccc(-c6c7ccccc7c(-c7ccccc7)c7ccccc67)cc5)c4c23)c([2H])c1[2H]. The van der Waals surface area contributed by atoms with E-state index in [0.717, 1.165) is 43.8 Å². The minimum Gasteiger partial charge on any atom is -0.456 e. The Morgan fingerprint density at radius 2 is 0.800 bits per heavy atom. The van der Waals surface area contributed by atoms with E-state index in [1.54, 1.807) is 12.1 Å². The first-order valence-corrected chi connectivity index (χ1v) is 14.5. The highest BCUT2D eigenvalue weighted by atomic mass is 16.3. The van der Waals surface area contributed by atoms with Crippen molar-refractivity contribution in [3.8, 4) is 44.5 Å². The van der Waals surface area contributed by atoms with Crippen LogP contribution in [0.15, 0.2) is 174 Å². The van der Waals surface area contributed by atoms with Gasteiger partial charge in [0.05, 0.1) is 15.1 Å². The molecule has 0 aliphatic carbocycles. The molecule has 0 saturated carbocycles. The fourth-order valence-corrected chi connectivity index (χ4v) is 6.45. The number of hydrogen-bond donors (Lipinski definition) is 0. The van der Waals surface area contributed by atoms with E-state index in [-0.39, 0.29) is 44.7 Å². The van der Waals surface area contributed by atoms with Crippen LogP contribution in [0.3, 0.4) is 0 Å². The Morgan fingerprint density at radius 3 is 1.33 bits per heavy atom. The quantitative estimate of drug-likeness (QED) is 0.188. The van der Waals surface area contributed by atoms with E-state index >= 15 is 0 Å². The Kier molecular flexibility index (Phi) is 3.87. The van der Waals surface area contributed by atoms with Crippen LogP contribution < -0.4 is 0 Å². The van der Waals surface area contributed by atoms with Gasteiger partial charge < -0.3 is 4.42 Å². The van der Waals surface area contributed by atoms with E-state index in [0.29, 0.717) is 5.56 Å². The molecule has 1 nitrogen and oxygen atoms in total. The Hall–Kier alpha value is -5.92. The maximum absolute atomic E-state index is 9.18. The van der Waals surface area contributed by atoms with Crippen molar-refractivity contribution in [1.82, 2.24) is 0 Å². The summed E-state index contributed by atoms with van der Waals surface area (Å²) in [6.45, 7) is 0. The van der Waals surface area contributed by atoms with Gasteiger partial charge in [-0.3, -0.25) is 0 Å². The van der Waals surface area contributed by atoms with Crippen LogP contribution in [-0.2, 0) is 0 Å². The molecule has 0 amide bonds. The zero-order valence-electron chi connectivity index (χ0n) is 34.7. The first kappa shape index (κ1) is 16.8. The summed E-state index contributed by atoms with van der Waals surface area (Å²) in [5.41, 5.74) is 3.64. The second-order valence-electron chi connectivity index (χ2n) is 10.8. The molecule has 0 bridgehead atoms. The number of rotatable bonds is 4. The van der Waals surface area contributed by atoms with Gasteiger partial charge in [0.1, 0.15) is 11.2 Å². The molecule has 0 fully saturated rings. The summed E-state index contributed by atoms with van der Waals surface area (Å²) in [7, 11) is 0. The van der Waals surface area contributed by atoms with E-state index in [1.807, 2.05) is 54.6 Å². The molecule has 0 saturated heterocycles. The van der Waals surface area contributed by atoms with Gasteiger partial charge in [-0.2, -0.15) is 0 Å². The van der Waals surface area contributed by atoms with Crippen molar-refractivity contribution in [2.24, 2.45) is 0 Å². The van der Waals surface area contributed by atoms with Crippen LogP contribution in [0, 0.1) is 0 Å². The second kappa shape index (κ2) is 10.4. The first-order valence-electron chi connectivity index (χ1n) is 20.0. The smallest absolute Gasteiger partial charge is 0.136 e. The summed E-state index contributed by atoms with van der Waals surface area (Å²) in [5, 5.41) is 4.26. The molecule has 8 aromatic carbocycles. The summed E-state index contributed by atoms with van der Waals surface area (Å²) in [6.07, 6.45) is 0. The lowest BCUT2D eigenvalue weighted by atomic mass is 9.85. The lowest BCUT2D eigenvalue weighted by molar-refractivity contribution is 0.669. The van der Waals surface area contributed by atoms with Gasteiger partial charge in [-0.25, -0.2) is 0 Å². The van der Waals surface area contributed by atoms with Gasteiger partial charge in [0.25, 0.3) is 0 Å². The second-order valence-corrected chi connectivity index (χ2v) is 10.8. The zero-order valence-corrected chi connectivity index (χ0v) is 23.7. The normalized spacial score (nSPS) is 15.0. The maximum Gasteiger partial charge on any atom is 0.136 e. The molecular formula is C44H28O. The highest BCUT2D eigenvalue weighted by Gasteiger charge is 2.18. The van der Waals surface area contributed by atoms with Gasteiger partial charge in [-0.1, -0.05) is 158 Å². The molecule has 0 atom stereocenters. The standard InChI is InChI=1S/C44H28O/c1-3-13-29(14-4-1)33-21-11-23-39-43(33)44-34(22-12-24-40(44)45-39)30-25-27-32(28-26-30)42-37-19-9-7-17-35(37)41(31-15-5-2-6-16-31)36-18-8-10-20-38(36)42/h1-28H/i1D,3D,4D,11D,12D,13D,14D,21D,22D,23D,24D. The summed E-state index contributed by atoms with van der Waals surface area (Å²) in [6, 6.07) is 28.1. The van der Waals surface area contributed by atoms with Crippen molar-refractivity contribution in [1.29, 1.82) is 0 Å². The fourth-order valence-electron chi connectivity index (χ4n) is 6.45. The van der Waals surface area contributed by atoms with Crippen LogP contribution >= 0.6 is 0 Å². The lowest BCUT2D eigenvalue weighted by Gasteiger charge is -2.18. The van der Waals surface area contributed by atoms with Gasteiger partial charge in [-0.05, 0) is 78.1 Å². The minimum absolute atomic E-state index is 0.0425. The van der Waals surface area contributed by atoms with Crippen LogP contribution in [0.5, 0.6) is 0 Å². The lowest BCUT2D eigenvalue weighted by Crippen LogP contribution is -1.90. The van der Waals surface area contributed by atoms with E-state index in [4.69, 9.17) is 18.1 Å². The molecule has 9 aromatic rings. The van der Waals surface area contributed by atoms with Crippen molar-refractivity contribution in [2.45, 2.75) is 0 Å². The van der Waals surface area contributed by atoms with Crippen molar-refractivity contribution in [3.63, 3.8) is 0 Å².